The van der Waals surface area contributed by atoms with E-state index >= 15 is 0 Å². The summed E-state index contributed by atoms with van der Waals surface area (Å²) in [5, 5.41) is 3.00. The van der Waals surface area contributed by atoms with Crippen molar-refractivity contribution in [3.8, 4) is 0 Å². The maximum Gasteiger partial charge on any atom is 0.225 e. The molecule has 13 heavy (non-hydrogen) atoms. The van der Waals surface area contributed by atoms with Crippen LogP contribution in [-0.4, -0.2) is 12.5 Å². The van der Waals surface area contributed by atoms with E-state index in [0.29, 0.717) is 0 Å². The first kappa shape index (κ1) is 10.6. The SMILES string of the molecule is CCCNC(=O)C1(C)CCCCC1. The number of nitrogens with one attached hydrogen (secondary N) is 1. The summed E-state index contributed by atoms with van der Waals surface area (Å²) in [5.74, 6) is 0.272. The van der Waals surface area contributed by atoms with Crippen LogP contribution in [0.15, 0.2) is 0 Å². The molecule has 0 aromatic heterocycles. The summed E-state index contributed by atoms with van der Waals surface area (Å²) in [5.41, 5.74) is -0.0621. The highest BCUT2D eigenvalue weighted by Crippen LogP contribution is 2.35. The summed E-state index contributed by atoms with van der Waals surface area (Å²) >= 11 is 0. The molecular formula is C11H21NO. The van der Waals surface area contributed by atoms with Crippen molar-refractivity contribution in [1.82, 2.24) is 5.32 Å². The van der Waals surface area contributed by atoms with Crippen LogP contribution in [0.3, 0.4) is 0 Å². The van der Waals surface area contributed by atoms with Gasteiger partial charge in [0.25, 0.3) is 0 Å². The molecule has 2 nitrogen and oxygen atoms in total. The summed E-state index contributed by atoms with van der Waals surface area (Å²) in [4.78, 5) is 11.8. The molecule has 1 rings (SSSR count). The number of carbonyl (C=O) groups excluding carboxylic acids is 1. The highest BCUT2D eigenvalue weighted by Gasteiger charge is 2.33. The lowest BCUT2D eigenvalue weighted by Gasteiger charge is -2.31. The van der Waals surface area contributed by atoms with Gasteiger partial charge in [-0.2, -0.15) is 0 Å². The third-order valence-corrected chi connectivity index (χ3v) is 3.04. The minimum absolute atomic E-state index is 0.0621. The first-order valence-electron chi connectivity index (χ1n) is 5.47. The fourth-order valence-corrected chi connectivity index (χ4v) is 2.01. The van der Waals surface area contributed by atoms with Crippen molar-refractivity contribution in [1.29, 1.82) is 0 Å². The second-order valence-corrected chi connectivity index (χ2v) is 4.38. The van der Waals surface area contributed by atoms with E-state index in [0.717, 1.165) is 25.8 Å². The number of hydrogen-bond acceptors (Lipinski definition) is 1. The molecule has 76 valence electrons. The number of carbonyl (C=O) groups is 1. The normalized spacial score (nSPS) is 21.1. The van der Waals surface area contributed by atoms with Crippen LogP contribution in [0.5, 0.6) is 0 Å². The van der Waals surface area contributed by atoms with Gasteiger partial charge in [0.15, 0.2) is 0 Å². The van der Waals surface area contributed by atoms with Crippen LogP contribution in [0.1, 0.15) is 52.4 Å². The first-order chi connectivity index (χ1) is 6.19. The molecule has 0 aromatic rings. The van der Waals surface area contributed by atoms with Crippen molar-refractivity contribution in [2.45, 2.75) is 52.4 Å². The molecule has 0 spiro atoms. The highest BCUT2D eigenvalue weighted by atomic mass is 16.2. The van der Waals surface area contributed by atoms with E-state index in [-0.39, 0.29) is 11.3 Å². The van der Waals surface area contributed by atoms with Gasteiger partial charge in [0.1, 0.15) is 0 Å². The molecule has 1 amide bonds. The molecular weight excluding hydrogens is 162 g/mol. The van der Waals surface area contributed by atoms with Gasteiger partial charge in [-0.05, 0) is 19.3 Å². The Morgan fingerprint density at radius 3 is 2.46 bits per heavy atom. The van der Waals surface area contributed by atoms with Gasteiger partial charge in [-0.3, -0.25) is 4.79 Å². The number of amides is 1. The van der Waals surface area contributed by atoms with Gasteiger partial charge < -0.3 is 5.32 Å². The van der Waals surface area contributed by atoms with Gasteiger partial charge >= 0.3 is 0 Å². The van der Waals surface area contributed by atoms with Crippen molar-refractivity contribution < 1.29 is 4.79 Å². The molecule has 2 heteroatoms. The van der Waals surface area contributed by atoms with Gasteiger partial charge in [0.2, 0.25) is 5.91 Å². The maximum atomic E-state index is 11.8. The summed E-state index contributed by atoms with van der Waals surface area (Å²) in [6, 6.07) is 0. The smallest absolute Gasteiger partial charge is 0.225 e. The second kappa shape index (κ2) is 4.64. The third-order valence-electron chi connectivity index (χ3n) is 3.04. The molecule has 0 heterocycles. The Labute approximate surface area is 81.1 Å². The van der Waals surface area contributed by atoms with E-state index < -0.39 is 0 Å². The first-order valence-corrected chi connectivity index (χ1v) is 5.47. The molecule has 1 fully saturated rings. The van der Waals surface area contributed by atoms with E-state index in [4.69, 9.17) is 0 Å². The molecule has 0 saturated heterocycles. The molecule has 0 aromatic carbocycles. The fraction of sp³-hybridized carbons (Fsp3) is 0.909. The average Bonchev–Trinajstić information content (AvgIpc) is 2.15. The van der Waals surface area contributed by atoms with Gasteiger partial charge in [0, 0.05) is 12.0 Å². The second-order valence-electron chi connectivity index (χ2n) is 4.38. The van der Waals surface area contributed by atoms with E-state index in [1.165, 1.54) is 19.3 Å². The van der Waals surface area contributed by atoms with E-state index in [1.54, 1.807) is 0 Å². The van der Waals surface area contributed by atoms with Crippen LogP contribution in [-0.2, 0) is 4.79 Å². The van der Waals surface area contributed by atoms with Crippen molar-refractivity contribution in [3.63, 3.8) is 0 Å². The van der Waals surface area contributed by atoms with E-state index in [9.17, 15) is 4.79 Å². The predicted octanol–water partition coefficient (Wildman–Crippen LogP) is 2.48. The number of hydrogen-bond donors (Lipinski definition) is 1. The van der Waals surface area contributed by atoms with Crippen molar-refractivity contribution in [3.05, 3.63) is 0 Å². The summed E-state index contributed by atoms with van der Waals surface area (Å²) in [6.45, 7) is 5.02. The molecule has 1 aliphatic rings. The zero-order valence-electron chi connectivity index (χ0n) is 8.86. The van der Waals surface area contributed by atoms with Crippen LogP contribution in [0.25, 0.3) is 0 Å². The lowest BCUT2D eigenvalue weighted by atomic mass is 9.75. The predicted molar refractivity (Wildman–Crippen MR) is 54.5 cm³/mol. The lowest BCUT2D eigenvalue weighted by Crippen LogP contribution is -2.40. The molecule has 1 aliphatic carbocycles. The fourth-order valence-electron chi connectivity index (χ4n) is 2.01. The molecule has 0 atom stereocenters. The van der Waals surface area contributed by atoms with Gasteiger partial charge in [0.05, 0.1) is 0 Å². The topological polar surface area (TPSA) is 29.1 Å². The average molecular weight is 183 g/mol. The van der Waals surface area contributed by atoms with Crippen LogP contribution in [0.2, 0.25) is 0 Å². The standard InChI is InChI=1S/C11H21NO/c1-3-9-12-10(13)11(2)7-5-4-6-8-11/h3-9H2,1-2H3,(H,12,13). The highest BCUT2D eigenvalue weighted by molar-refractivity contribution is 5.82. The minimum Gasteiger partial charge on any atom is -0.356 e. The zero-order chi connectivity index (χ0) is 9.73. The van der Waals surface area contributed by atoms with Crippen LogP contribution < -0.4 is 5.32 Å². The van der Waals surface area contributed by atoms with Crippen LogP contribution in [0, 0.1) is 5.41 Å². The van der Waals surface area contributed by atoms with Crippen molar-refractivity contribution in [2.75, 3.05) is 6.54 Å². The Morgan fingerprint density at radius 2 is 1.92 bits per heavy atom. The molecule has 0 radical (unpaired) electrons. The number of rotatable bonds is 3. The zero-order valence-corrected chi connectivity index (χ0v) is 8.86. The Kier molecular flexibility index (Phi) is 3.76. The molecule has 0 bridgehead atoms. The monoisotopic (exact) mass is 183 g/mol. The summed E-state index contributed by atoms with van der Waals surface area (Å²) in [6.07, 6.45) is 6.91. The largest absolute Gasteiger partial charge is 0.356 e. The molecule has 0 aliphatic heterocycles. The maximum absolute atomic E-state index is 11.8. The quantitative estimate of drug-likeness (QED) is 0.715. The van der Waals surface area contributed by atoms with E-state index in [2.05, 4.69) is 19.2 Å². The van der Waals surface area contributed by atoms with Crippen molar-refractivity contribution >= 4 is 5.91 Å². The Hall–Kier alpha value is -0.530. The molecule has 1 N–H and O–H groups in total. The molecule has 0 unspecified atom stereocenters. The minimum atomic E-state index is -0.0621. The van der Waals surface area contributed by atoms with E-state index in [1.807, 2.05) is 0 Å². The summed E-state index contributed by atoms with van der Waals surface area (Å²) < 4.78 is 0. The lowest BCUT2D eigenvalue weighted by molar-refractivity contribution is -0.131. The Morgan fingerprint density at radius 1 is 1.31 bits per heavy atom. The summed E-state index contributed by atoms with van der Waals surface area (Å²) in [7, 11) is 0. The van der Waals surface area contributed by atoms with Crippen molar-refractivity contribution in [2.24, 2.45) is 5.41 Å². The van der Waals surface area contributed by atoms with Crippen LogP contribution in [0.4, 0.5) is 0 Å². The van der Waals surface area contributed by atoms with Gasteiger partial charge in [-0.25, -0.2) is 0 Å². The molecule has 1 saturated carbocycles. The Balaban J connectivity index is 2.42. The Bertz CT molecular complexity index is 171. The van der Waals surface area contributed by atoms with Crippen LogP contribution >= 0.6 is 0 Å². The third kappa shape index (κ3) is 2.71. The van der Waals surface area contributed by atoms with Gasteiger partial charge in [-0.1, -0.05) is 33.1 Å². The van der Waals surface area contributed by atoms with Gasteiger partial charge in [-0.15, -0.1) is 0 Å².